The lowest BCUT2D eigenvalue weighted by Crippen LogP contribution is -2.41. The van der Waals surface area contributed by atoms with Crippen LogP contribution in [0.15, 0.2) is 146 Å². The molecule has 12 rings (SSSR count). The van der Waals surface area contributed by atoms with Gasteiger partial charge >= 0.3 is 0 Å². The summed E-state index contributed by atoms with van der Waals surface area (Å²) >= 11 is 0. The van der Waals surface area contributed by atoms with E-state index in [0.29, 0.717) is 30.7 Å². The predicted molar refractivity (Wildman–Crippen MR) is 285 cm³/mol. The zero-order valence-corrected chi connectivity index (χ0v) is 42.2. The maximum atomic E-state index is 13.4. The number of nitrogens with two attached hydrogens (primary N) is 1. The summed E-state index contributed by atoms with van der Waals surface area (Å²) in [5.74, 6) is 0.752. The van der Waals surface area contributed by atoms with Crippen LogP contribution in [0.4, 0.5) is 13.2 Å². The summed E-state index contributed by atoms with van der Waals surface area (Å²) in [5, 5.41) is 6.82. The van der Waals surface area contributed by atoms with Gasteiger partial charge in [-0.1, -0.05) is 135 Å². The summed E-state index contributed by atoms with van der Waals surface area (Å²) in [6.07, 6.45) is 15.3. The maximum Gasteiger partial charge on any atom is 0.223 e. The average Bonchev–Trinajstić information content (AvgIpc) is 4.26. The molecule has 2 aliphatic carbocycles. The molecule has 0 unspecified atom stereocenters. The molecule has 1 saturated heterocycles. The summed E-state index contributed by atoms with van der Waals surface area (Å²) in [7, 11) is 0. The summed E-state index contributed by atoms with van der Waals surface area (Å²) < 4.78 is 39.7. The molecule has 2 saturated carbocycles. The highest BCUT2D eigenvalue weighted by Gasteiger charge is 2.35. The fourth-order valence-corrected chi connectivity index (χ4v) is 11.9. The van der Waals surface area contributed by atoms with Crippen LogP contribution in [0.2, 0.25) is 0 Å². The molecule has 4 N–H and O–H groups in total. The normalized spacial score (nSPS) is 21.3. The Balaban J connectivity index is 0.000000129. The molecule has 4 aliphatic heterocycles. The van der Waals surface area contributed by atoms with Crippen LogP contribution in [-0.4, -0.2) is 60.4 Å². The van der Waals surface area contributed by atoms with Gasteiger partial charge in [0, 0.05) is 38.5 Å². The Hall–Kier alpha value is -6.07. The largest absolute Gasteiger partial charge is 0.331 e. The summed E-state index contributed by atoms with van der Waals surface area (Å²) in [4.78, 5) is 30.1. The van der Waals surface area contributed by atoms with Crippen molar-refractivity contribution < 1.29 is 22.8 Å². The summed E-state index contributed by atoms with van der Waals surface area (Å²) in [6.45, 7) is 4.36. The highest BCUT2D eigenvalue weighted by molar-refractivity contribution is 5.79. The van der Waals surface area contributed by atoms with E-state index in [1.54, 1.807) is 12.1 Å². The molecule has 7 nitrogen and oxygen atoms in total. The van der Waals surface area contributed by atoms with Crippen LogP contribution in [0.25, 0.3) is 0 Å². The predicted octanol–water partition coefficient (Wildman–Crippen LogP) is 12.1. The van der Waals surface area contributed by atoms with Crippen LogP contribution in [0.3, 0.4) is 0 Å². The van der Waals surface area contributed by atoms with E-state index in [9.17, 15) is 22.8 Å². The molecule has 6 aliphatic rings. The van der Waals surface area contributed by atoms with Crippen molar-refractivity contribution in [2.24, 2.45) is 17.6 Å². The van der Waals surface area contributed by atoms with Crippen molar-refractivity contribution in [1.82, 2.24) is 20.4 Å². The van der Waals surface area contributed by atoms with E-state index in [1.807, 2.05) is 52.3 Å². The first-order valence-electron chi connectivity index (χ1n) is 27.0. The maximum absolute atomic E-state index is 13.4. The molecular weight excluding hydrogens is 916 g/mol. The quantitative estimate of drug-likeness (QED) is 0.148. The van der Waals surface area contributed by atoms with Crippen molar-refractivity contribution in [2.45, 2.75) is 114 Å². The van der Waals surface area contributed by atoms with Crippen molar-refractivity contribution >= 4 is 11.8 Å². The smallest absolute Gasteiger partial charge is 0.223 e. The minimum Gasteiger partial charge on any atom is -0.331 e. The van der Waals surface area contributed by atoms with Crippen LogP contribution >= 0.6 is 0 Å². The molecule has 4 atom stereocenters. The van der Waals surface area contributed by atoms with E-state index in [1.165, 1.54) is 121 Å². The number of halogens is 3. The van der Waals surface area contributed by atoms with Gasteiger partial charge in [-0.3, -0.25) is 9.59 Å². The van der Waals surface area contributed by atoms with Crippen molar-refractivity contribution in [3.8, 4) is 0 Å². The van der Waals surface area contributed by atoms with Crippen LogP contribution < -0.4 is 16.4 Å². The molecule has 6 aromatic rings. The van der Waals surface area contributed by atoms with Crippen molar-refractivity contribution in [2.75, 3.05) is 32.7 Å². The van der Waals surface area contributed by atoms with E-state index in [4.69, 9.17) is 5.73 Å². The Morgan fingerprint density at radius 3 is 1.36 bits per heavy atom. The Bertz CT molecular complexity index is 2580. The zero-order valence-electron chi connectivity index (χ0n) is 42.2. The first-order valence-corrected chi connectivity index (χ1v) is 27.0. The van der Waals surface area contributed by atoms with E-state index in [2.05, 4.69) is 65.2 Å². The monoisotopic (exact) mass is 988 g/mol. The van der Waals surface area contributed by atoms with Crippen LogP contribution in [-0.2, 0) is 28.9 Å². The fourth-order valence-electron chi connectivity index (χ4n) is 11.9. The topological polar surface area (TPSA) is 90.7 Å². The van der Waals surface area contributed by atoms with Crippen LogP contribution in [0.5, 0.6) is 0 Å². The minimum atomic E-state index is -0.247. The van der Waals surface area contributed by atoms with E-state index < -0.39 is 0 Å². The summed E-state index contributed by atoms with van der Waals surface area (Å²) in [5.41, 5.74) is 16.3. The number of carbonyl (C=O) groups excluding carboxylic acids is 2. The van der Waals surface area contributed by atoms with Crippen molar-refractivity contribution in [3.63, 3.8) is 0 Å². The molecule has 0 spiro atoms. The van der Waals surface area contributed by atoms with Crippen LogP contribution in [0.1, 0.15) is 139 Å². The number of nitrogens with one attached hydrogen (secondary N) is 2. The van der Waals surface area contributed by atoms with Gasteiger partial charge in [0.15, 0.2) is 0 Å². The Morgan fingerprint density at radius 2 is 0.904 bits per heavy atom. The third-order valence-electron chi connectivity index (χ3n) is 15.9. The molecule has 73 heavy (non-hydrogen) atoms. The standard InChI is InChI=1S/C22H24FNO.C21H23FN2O.C15H14FN.C5H11N/c23-19-11-9-18(10-12-19)22-20-8-4-3-7-17(20)13-14-24(22)21(25)15-16-5-1-2-6-16;22-18-7-5-17(6-8-18)21-19-4-2-1-3-16(19)10-12-24(21)20(25)13-15-9-11-23-14-15;16-13-7-5-12(6-8-13)15-14-4-2-1-3-11(14)9-10-17-15;6-5-3-1-2-4-5/h3-4,7-12,16,22H,1-2,5-6,13-15H2;1-8,15,21,23H,9-14H2;1-8,15,17H,9-10H2;5H,1-4,6H2/t22-;15-,21+;15-;/m010./s1. The first kappa shape index (κ1) is 51.8. The summed E-state index contributed by atoms with van der Waals surface area (Å²) in [6, 6.07) is 45.6. The second-order valence-electron chi connectivity index (χ2n) is 20.8. The van der Waals surface area contributed by atoms with E-state index in [-0.39, 0.29) is 47.4 Å². The van der Waals surface area contributed by atoms with Gasteiger partial charge in [-0.15, -0.1) is 0 Å². The molecule has 0 bridgehead atoms. The molecule has 0 radical (unpaired) electrons. The van der Waals surface area contributed by atoms with Crippen molar-refractivity contribution in [3.05, 3.63) is 213 Å². The van der Waals surface area contributed by atoms with Gasteiger partial charge in [0.2, 0.25) is 11.8 Å². The minimum absolute atomic E-state index is 0.0977. The van der Waals surface area contributed by atoms with E-state index in [0.717, 1.165) is 75.1 Å². The molecule has 3 fully saturated rings. The second-order valence-corrected chi connectivity index (χ2v) is 20.8. The van der Waals surface area contributed by atoms with Gasteiger partial charge in [-0.25, -0.2) is 13.2 Å². The Kier molecular flexibility index (Phi) is 17.9. The van der Waals surface area contributed by atoms with Gasteiger partial charge in [-0.05, 0) is 163 Å². The molecule has 6 aromatic carbocycles. The molecule has 382 valence electrons. The lowest BCUT2D eigenvalue weighted by atomic mass is 9.87. The van der Waals surface area contributed by atoms with Crippen LogP contribution in [0, 0.1) is 29.3 Å². The zero-order chi connectivity index (χ0) is 50.5. The van der Waals surface area contributed by atoms with Gasteiger partial charge < -0.3 is 26.2 Å². The number of nitrogens with zero attached hydrogens (tertiary/aromatic N) is 2. The van der Waals surface area contributed by atoms with Gasteiger partial charge in [0.05, 0.1) is 18.1 Å². The van der Waals surface area contributed by atoms with Gasteiger partial charge in [-0.2, -0.15) is 0 Å². The third-order valence-corrected chi connectivity index (χ3v) is 15.9. The number of hydrogen-bond donors (Lipinski definition) is 3. The third kappa shape index (κ3) is 13.4. The average molecular weight is 988 g/mol. The highest BCUT2D eigenvalue weighted by atomic mass is 19.1. The Morgan fingerprint density at radius 1 is 0.479 bits per heavy atom. The number of hydrogen-bond acceptors (Lipinski definition) is 5. The number of amides is 2. The number of fused-ring (bicyclic) bond motifs is 3. The highest BCUT2D eigenvalue weighted by Crippen LogP contribution is 2.39. The number of rotatable bonds is 7. The van der Waals surface area contributed by atoms with E-state index >= 15 is 0 Å². The SMILES string of the molecule is Fc1ccc([C@@H]2NCCc3ccccc32)cc1.NC1CCCC1.O=C(CC1CCCC1)N1CCc2ccccc2[C@@H]1c1ccc(F)cc1.O=C(C[C@H]1CCNC1)N1CCc2ccccc2[C@@H]1c1ccc(F)cc1. The van der Waals surface area contributed by atoms with Gasteiger partial charge in [0.1, 0.15) is 17.5 Å². The molecular formula is C63H72F3N5O2. The Labute approximate surface area is 430 Å². The molecule has 2 amide bonds. The molecule has 0 aromatic heterocycles. The fraction of sp³-hybridized carbons (Fsp3) is 0.397. The number of benzene rings is 6. The first-order chi connectivity index (χ1) is 35.7. The lowest BCUT2D eigenvalue weighted by molar-refractivity contribution is -0.135. The molecule has 10 heteroatoms. The van der Waals surface area contributed by atoms with Gasteiger partial charge in [0.25, 0.3) is 0 Å². The number of carbonyl (C=O) groups is 2. The van der Waals surface area contributed by atoms with Crippen molar-refractivity contribution in [1.29, 1.82) is 0 Å². The second kappa shape index (κ2) is 25.2. The molecule has 4 heterocycles. The lowest BCUT2D eigenvalue weighted by Gasteiger charge is -2.38.